The van der Waals surface area contributed by atoms with Crippen molar-refractivity contribution in [3.05, 3.63) is 80.8 Å². The van der Waals surface area contributed by atoms with Crippen LogP contribution in [0.2, 0.25) is 0 Å². The van der Waals surface area contributed by atoms with E-state index in [2.05, 4.69) is 15.3 Å². The number of anilines is 1. The van der Waals surface area contributed by atoms with Crippen molar-refractivity contribution in [3.63, 3.8) is 0 Å². The van der Waals surface area contributed by atoms with Crippen molar-refractivity contribution in [1.82, 2.24) is 9.97 Å². The number of aryl methyl sites for hydroxylation is 3. The number of hydrogen-bond acceptors (Lipinski definition) is 6. The molecular formula is C22H24N4O3. The van der Waals surface area contributed by atoms with E-state index in [1.54, 1.807) is 6.33 Å². The van der Waals surface area contributed by atoms with Gasteiger partial charge in [-0.05, 0) is 62.9 Å². The van der Waals surface area contributed by atoms with Gasteiger partial charge in [0.1, 0.15) is 23.6 Å². The van der Waals surface area contributed by atoms with Gasteiger partial charge in [-0.1, -0.05) is 12.1 Å². The summed E-state index contributed by atoms with van der Waals surface area (Å²) in [6.07, 6.45) is 2.41. The zero-order chi connectivity index (χ0) is 21.0. The third kappa shape index (κ3) is 4.87. The quantitative estimate of drug-likeness (QED) is 0.446. The predicted octanol–water partition coefficient (Wildman–Crippen LogP) is 5.07. The highest BCUT2D eigenvalue weighted by Crippen LogP contribution is 2.32. The van der Waals surface area contributed by atoms with Crippen LogP contribution in [0.15, 0.2) is 42.7 Å². The number of nitrogens with one attached hydrogen (secondary N) is 1. The van der Waals surface area contributed by atoms with Crippen molar-refractivity contribution >= 4 is 11.5 Å². The second-order valence-electron chi connectivity index (χ2n) is 7.02. The summed E-state index contributed by atoms with van der Waals surface area (Å²) in [7, 11) is 0. The largest absolute Gasteiger partial charge is 0.457 e. The minimum Gasteiger partial charge on any atom is -0.457 e. The lowest BCUT2D eigenvalue weighted by atomic mass is 10.1. The van der Waals surface area contributed by atoms with E-state index in [0.29, 0.717) is 11.5 Å². The molecule has 1 N–H and O–H groups in total. The summed E-state index contributed by atoms with van der Waals surface area (Å²) >= 11 is 0. The molecule has 7 heteroatoms. The molecule has 0 radical (unpaired) electrons. The summed E-state index contributed by atoms with van der Waals surface area (Å²) in [5.74, 6) is 2.21. The first-order valence-corrected chi connectivity index (χ1v) is 9.39. The maximum absolute atomic E-state index is 11.0. The molecule has 0 fully saturated rings. The Morgan fingerprint density at radius 2 is 1.69 bits per heavy atom. The lowest BCUT2D eigenvalue weighted by Crippen LogP contribution is -2.08. The average molecular weight is 392 g/mol. The van der Waals surface area contributed by atoms with Crippen LogP contribution in [0.1, 0.15) is 27.9 Å². The van der Waals surface area contributed by atoms with Crippen LogP contribution in [0.3, 0.4) is 0 Å². The number of aromatic nitrogens is 2. The van der Waals surface area contributed by atoms with Crippen LogP contribution in [0.5, 0.6) is 11.5 Å². The van der Waals surface area contributed by atoms with Gasteiger partial charge in [-0.3, -0.25) is 10.1 Å². The summed E-state index contributed by atoms with van der Waals surface area (Å²) in [4.78, 5) is 19.0. The summed E-state index contributed by atoms with van der Waals surface area (Å²) in [6.45, 7) is 8.36. The van der Waals surface area contributed by atoms with Gasteiger partial charge in [0.2, 0.25) is 0 Å². The van der Waals surface area contributed by atoms with Crippen LogP contribution in [0.25, 0.3) is 0 Å². The molecule has 29 heavy (non-hydrogen) atoms. The van der Waals surface area contributed by atoms with Crippen LogP contribution in [0.4, 0.5) is 11.5 Å². The van der Waals surface area contributed by atoms with E-state index >= 15 is 0 Å². The summed E-state index contributed by atoms with van der Waals surface area (Å²) in [5.41, 5.74) is 4.75. The van der Waals surface area contributed by atoms with Crippen molar-refractivity contribution in [2.75, 3.05) is 11.9 Å². The molecule has 0 saturated carbocycles. The van der Waals surface area contributed by atoms with E-state index in [1.807, 2.05) is 52.0 Å². The highest BCUT2D eigenvalue weighted by Gasteiger charge is 2.13. The van der Waals surface area contributed by atoms with Gasteiger partial charge in [-0.15, -0.1) is 0 Å². The number of rotatable bonds is 7. The van der Waals surface area contributed by atoms with Crippen molar-refractivity contribution in [1.29, 1.82) is 0 Å². The Morgan fingerprint density at radius 1 is 1.03 bits per heavy atom. The maximum atomic E-state index is 11.0. The third-order valence-electron chi connectivity index (χ3n) is 4.84. The highest BCUT2D eigenvalue weighted by atomic mass is 16.6. The zero-order valence-corrected chi connectivity index (χ0v) is 17.0. The summed E-state index contributed by atoms with van der Waals surface area (Å²) < 4.78 is 5.98. The molecular weight excluding hydrogens is 368 g/mol. The first-order chi connectivity index (χ1) is 13.8. The lowest BCUT2D eigenvalue weighted by Gasteiger charge is -2.12. The number of ether oxygens (including phenoxy) is 1. The van der Waals surface area contributed by atoms with Crippen LogP contribution < -0.4 is 10.1 Å². The smallest absolute Gasteiger partial charge is 0.270 e. The minimum atomic E-state index is -0.392. The van der Waals surface area contributed by atoms with Gasteiger partial charge in [0.05, 0.1) is 4.92 Å². The first-order valence-electron chi connectivity index (χ1n) is 9.39. The number of nitrogens with zero attached hydrogens (tertiary/aromatic N) is 3. The molecule has 3 rings (SSSR count). The van der Waals surface area contributed by atoms with Crippen LogP contribution in [-0.4, -0.2) is 21.4 Å². The number of nitro benzene ring substituents is 1. The fourth-order valence-electron chi connectivity index (χ4n) is 3.08. The molecule has 0 amide bonds. The second kappa shape index (κ2) is 8.68. The molecule has 2 aromatic carbocycles. The Kier molecular flexibility index (Phi) is 6.07. The molecule has 7 nitrogen and oxygen atoms in total. The molecule has 0 saturated heterocycles. The molecule has 150 valence electrons. The van der Waals surface area contributed by atoms with Gasteiger partial charge >= 0.3 is 0 Å². The summed E-state index contributed by atoms with van der Waals surface area (Å²) in [6, 6.07) is 10.9. The zero-order valence-electron chi connectivity index (χ0n) is 17.0. The third-order valence-corrected chi connectivity index (χ3v) is 4.84. The van der Waals surface area contributed by atoms with E-state index in [4.69, 9.17) is 4.74 Å². The van der Waals surface area contributed by atoms with Crippen molar-refractivity contribution in [2.24, 2.45) is 0 Å². The SMILES string of the molecule is Cc1cc([N+](=O)[O-])cc(C)c1Oc1ccc(CCNc2ncnc(C)c2C)cc1. The van der Waals surface area contributed by atoms with E-state index in [-0.39, 0.29) is 5.69 Å². The van der Waals surface area contributed by atoms with Crippen molar-refractivity contribution in [2.45, 2.75) is 34.1 Å². The van der Waals surface area contributed by atoms with Crippen LogP contribution in [0, 0.1) is 37.8 Å². The Labute approximate surface area is 169 Å². The minimum absolute atomic E-state index is 0.0734. The van der Waals surface area contributed by atoms with E-state index in [9.17, 15) is 10.1 Å². The molecule has 1 aromatic heterocycles. The Balaban J connectivity index is 1.62. The average Bonchev–Trinajstić information content (AvgIpc) is 2.69. The molecule has 0 aliphatic heterocycles. The number of hydrogen-bond donors (Lipinski definition) is 1. The van der Waals surface area contributed by atoms with Crippen molar-refractivity contribution < 1.29 is 9.66 Å². The number of benzene rings is 2. The fraction of sp³-hybridized carbons (Fsp3) is 0.273. The Hall–Kier alpha value is -3.48. The molecule has 3 aromatic rings. The van der Waals surface area contributed by atoms with E-state index in [1.165, 1.54) is 17.7 Å². The van der Waals surface area contributed by atoms with Crippen LogP contribution >= 0.6 is 0 Å². The molecule has 0 unspecified atom stereocenters. The molecule has 0 bridgehead atoms. The van der Waals surface area contributed by atoms with Crippen molar-refractivity contribution in [3.8, 4) is 11.5 Å². The monoisotopic (exact) mass is 392 g/mol. The lowest BCUT2D eigenvalue weighted by molar-refractivity contribution is -0.385. The van der Waals surface area contributed by atoms with Gasteiger partial charge in [0.15, 0.2) is 0 Å². The maximum Gasteiger partial charge on any atom is 0.270 e. The topological polar surface area (TPSA) is 90.2 Å². The normalized spacial score (nSPS) is 10.6. The van der Waals surface area contributed by atoms with Gasteiger partial charge in [0, 0.05) is 29.9 Å². The Morgan fingerprint density at radius 3 is 2.31 bits per heavy atom. The van der Waals surface area contributed by atoms with Crippen LogP contribution in [-0.2, 0) is 6.42 Å². The van der Waals surface area contributed by atoms with Gasteiger partial charge in [0.25, 0.3) is 5.69 Å². The molecule has 0 aliphatic rings. The van der Waals surface area contributed by atoms with Gasteiger partial charge in [-0.25, -0.2) is 9.97 Å². The van der Waals surface area contributed by atoms with Gasteiger partial charge in [-0.2, -0.15) is 0 Å². The fourth-order valence-corrected chi connectivity index (χ4v) is 3.08. The number of nitro groups is 1. The molecule has 0 spiro atoms. The Bertz CT molecular complexity index is 1010. The summed E-state index contributed by atoms with van der Waals surface area (Å²) in [5, 5.41) is 14.3. The standard InChI is InChI=1S/C22H24N4O3/c1-14-11-19(26(27)28)12-15(2)21(14)29-20-7-5-18(6-8-20)9-10-23-22-16(3)17(4)24-13-25-22/h5-8,11-13H,9-10H2,1-4H3,(H,23,24,25). The molecule has 1 heterocycles. The molecule has 0 aliphatic carbocycles. The van der Waals surface area contributed by atoms with E-state index in [0.717, 1.165) is 41.2 Å². The number of non-ortho nitro benzene ring substituents is 1. The first kappa shape index (κ1) is 20.3. The van der Waals surface area contributed by atoms with E-state index < -0.39 is 4.92 Å². The predicted molar refractivity (Wildman–Crippen MR) is 113 cm³/mol. The molecule has 0 atom stereocenters. The highest BCUT2D eigenvalue weighted by molar-refractivity contribution is 5.50. The second-order valence-corrected chi connectivity index (χ2v) is 7.02. The van der Waals surface area contributed by atoms with Gasteiger partial charge < -0.3 is 10.1 Å².